The van der Waals surface area contributed by atoms with Crippen LogP contribution in [0.2, 0.25) is 0 Å². The van der Waals surface area contributed by atoms with Crippen molar-refractivity contribution in [2.45, 2.75) is 0 Å². The van der Waals surface area contributed by atoms with E-state index in [1.54, 1.807) is 6.07 Å². The quantitative estimate of drug-likeness (QED) is 0.805. The van der Waals surface area contributed by atoms with Crippen molar-refractivity contribution in [3.63, 3.8) is 0 Å². The minimum atomic E-state index is -0.464. The SMILES string of the molecule is COC(=O)c1cc(N2CCOCC2)nc(-c2ccccc2)n1. The highest BCUT2D eigenvalue weighted by Crippen LogP contribution is 2.21. The lowest BCUT2D eigenvalue weighted by Crippen LogP contribution is -2.37. The maximum absolute atomic E-state index is 11.9. The molecule has 114 valence electrons. The maximum atomic E-state index is 11.9. The Morgan fingerprint density at radius 3 is 2.59 bits per heavy atom. The summed E-state index contributed by atoms with van der Waals surface area (Å²) in [6.45, 7) is 2.79. The summed E-state index contributed by atoms with van der Waals surface area (Å²) < 4.78 is 10.2. The number of nitrogens with zero attached hydrogens (tertiary/aromatic N) is 3. The molecule has 6 heteroatoms. The number of carbonyl (C=O) groups is 1. The molecule has 1 aliphatic heterocycles. The highest BCUT2D eigenvalue weighted by molar-refractivity contribution is 5.88. The third-order valence-electron chi connectivity index (χ3n) is 3.47. The lowest BCUT2D eigenvalue weighted by molar-refractivity contribution is 0.0594. The Kier molecular flexibility index (Phi) is 4.29. The van der Waals surface area contributed by atoms with Gasteiger partial charge in [-0.25, -0.2) is 14.8 Å². The number of hydrogen-bond donors (Lipinski definition) is 0. The number of hydrogen-bond acceptors (Lipinski definition) is 6. The molecule has 1 aromatic carbocycles. The molecular weight excluding hydrogens is 282 g/mol. The topological polar surface area (TPSA) is 64.5 Å². The molecule has 0 aliphatic carbocycles. The van der Waals surface area contributed by atoms with Gasteiger partial charge in [-0.3, -0.25) is 0 Å². The molecule has 0 saturated carbocycles. The van der Waals surface area contributed by atoms with Crippen molar-refractivity contribution in [2.75, 3.05) is 38.3 Å². The Morgan fingerprint density at radius 1 is 1.18 bits per heavy atom. The van der Waals surface area contributed by atoms with Crippen LogP contribution < -0.4 is 4.90 Å². The summed E-state index contributed by atoms with van der Waals surface area (Å²) in [5.74, 6) is 0.775. The van der Waals surface area contributed by atoms with Gasteiger partial charge in [-0.1, -0.05) is 30.3 Å². The molecule has 0 unspecified atom stereocenters. The third kappa shape index (κ3) is 3.07. The van der Waals surface area contributed by atoms with Crippen LogP contribution in [0.25, 0.3) is 11.4 Å². The molecule has 0 amide bonds. The summed E-state index contributed by atoms with van der Waals surface area (Å²) in [5.41, 5.74) is 1.13. The van der Waals surface area contributed by atoms with E-state index < -0.39 is 5.97 Å². The second kappa shape index (κ2) is 6.53. The van der Waals surface area contributed by atoms with Gasteiger partial charge in [-0.05, 0) is 0 Å². The minimum Gasteiger partial charge on any atom is -0.464 e. The molecule has 0 atom stereocenters. The first-order valence-corrected chi connectivity index (χ1v) is 7.13. The van der Waals surface area contributed by atoms with Gasteiger partial charge in [0.1, 0.15) is 5.82 Å². The highest BCUT2D eigenvalue weighted by Gasteiger charge is 2.18. The van der Waals surface area contributed by atoms with E-state index in [-0.39, 0.29) is 5.69 Å². The van der Waals surface area contributed by atoms with Crippen molar-refractivity contribution in [3.05, 3.63) is 42.1 Å². The monoisotopic (exact) mass is 299 g/mol. The largest absolute Gasteiger partial charge is 0.464 e. The zero-order chi connectivity index (χ0) is 15.4. The minimum absolute atomic E-state index is 0.262. The van der Waals surface area contributed by atoms with E-state index in [4.69, 9.17) is 9.47 Å². The van der Waals surface area contributed by atoms with Crippen molar-refractivity contribution in [3.8, 4) is 11.4 Å². The Morgan fingerprint density at radius 2 is 1.91 bits per heavy atom. The predicted molar refractivity (Wildman–Crippen MR) is 81.8 cm³/mol. The van der Waals surface area contributed by atoms with Crippen LogP contribution in [0.15, 0.2) is 36.4 Å². The standard InChI is InChI=1S/C16H17N3O3/c1-21-16(20)13-11-14(19-7-9-22-10-8-19)18-15(17-13)12-5-3-2-4-6-12/h2-6,11H,7-10H2,1H3. The van der Waals surface area contributed by atoms with Crippen LogP contribution >= 0.6 is 0 Å². The van der Waals surface area contributed by atoms with Gasteiger partial charge in [0, 0.05) is 24.7 Å². The molecule has 0 radical (unpaired) electrons. The molecule has 1 aliphatic rings. The zero-order valence-corrected chi connectivity index (χ0v) is 12.4. The van der Waals surface area contributed by atoms with Crippen molar-refractivity contribution in [1.29, 1.82) is 0 Å². The number of benzene rings is 1. The van der Waals surface area contributed by atoms with Gasteiger partial charge in [-0.2, -0.15) is 0 Å². The number of methoxy groups -OCH3 is 1. The molecule has 1 aromatic heterocycles. The summed E-state index contributed by atoms with van der Waals surface area (Å²) in [6, 6.07) is 11.3. The number of ether oxygens (including phenoxy) is 2. The number of anilines is 1. The van der Waals surface area contributed by atoms with Crippen LogP contribution in [0, 0.1) is 0 Å². The van der Waals surface area contributed by atoms with Crippen LogP contribution in [0.1, 0.15) is 10.5 Å². The van der Waals surface area contributed by atoms with Gasteiger partial charge in [0.25, 0.3) is 0 Å². The normalized spacial score (nSPS) is 14.7. The number of carbonyl (C=O) groups excluding carboxylic acids is 1. The number of rotatable bonds is 3. The van der Waals surface area contributed by atoms with Gasteiger partial charge in [0.05, 0.1) is 20.3 Å². The van der Waals surface area contributed by atoms with Crippen molar-refractivity contribution >= 4 is 11.8 Å². The fourth-order valence-electron chi connectivity index (χ4n) is 2.31. The molecular formula is C16H17N3O3. The highest BCUT2D eigenvalue weighted by atomic mass is 16.5. The first kappa shape index (κ1) is 14.5. The van der Waals surface area contributed by atoms with Crippen molar-refractivity contribution < 1.29 is 14.3 Å². The van der Waals surface area contributed by atoms with E-state index in [9.17, 15) is 4.79 Å². The van der Waals surface area contributed by atoms with Gasteiger partial charge in [-0.15, -0.1) is 0 Å². The van der Waals surface area contributed by atoms with Crippen LogP contribution in [0.3, 0.4) is 0 Å². The lowest BCUT2D eigenvalue weighted by Gasteiger charge is -2.28. The van der Waals surface area contributed by atoms with E-state index in [0.29, 0.717) is 19.0 Å². The molecule has 3 rings (SSSR count). The Labute approximate surface area is 128 Å². The molecule has 6 nitrogen and oxygen atoms in total. The van der Waals surface area contributed by atoms with Gasteiger partial charge < -0.3 is 14.4 Å². The van der Waals surface area contributed by atoms with Gasteiger partial charge >= 0.3 is 5.97 Å². The third-order valence-corrected chi connectivity index (χ3v) is 3.47. The molecule has 2 heterocycles. The molecule has 1 fully saturated rings. The number of esters is 1. The van der Waals surface area contributed by atoms with Crippen LogP contribution in [0.4, 0.5) is 5.82 Å². The van der Waals surface area contributed by atoms with Crippen LogP contribution in [-0.2, 0) is 9.47 Å². The molecule has 0 spiro atoms. The first-order valence-electron chi connectivity index (χ1n) is 7.13. The molecule has 2 aromatic rings. The summed E-state index contributed by atoms with van der Waals surface area (Å²) in [5, 5.41) is 0. The fourth-order valence-corrected chi connectivity index (χ4v) is 2.31. The molecule has 22 heavy (non-hydrogen) atoms. The Balaban J connectivity index is 2.03. The summed E-state index contributed by atoms with van der Waals surface area (Å²) >= 11 is 0. The average Bonchev–Trinajstić information content (AvgIpc) is 2.62. The Hall–Kier alpha value is -2.47. The zero-order valence-electron chi connectivity index (χ0n) is 12.4. The second-order valence-electron chi connectivity index (χ2n) is 4.89. The predicted octanol–water partition coefficient (Wildman–Crippen LogP) is 1.77. The van der Waals surface area contributed by atoms with E-state index in [0.717, 1.165) is 24.5 Å². The van der Waals surface area contributed by atoms with Crippen LogP contribution in [-0.4, -0.2) is 49.4 Å². The number of morpholine rings is 1. The van der Waals surface area contributed by atoms with E-state index in [1.165, 1.54) is 7.11 Å². The average molecular weight is 299 g/mol. The Bertz CT molecular complexity index is 655. The first-order chi connectivity index (χ1) is 10.8. The molecule has 1 saturated heterocycles. The lowest BCUT2D eigenvalue weighted by atomic mass is 10.2. The number of aromatic nitrogens is 2. The summed E-state index contributed by atoms with van der Waals surface area (Å²) in [6.07, 6.45) is 0. The van der Waals surface area contributed by atoms with E-state index in [1.807, 2.05) is 30.3 Å². The van der Waals surface area contributed by atoms with Crippen LogP contribution in [0.5, 0.6) is 0 Å². The van der Waals surface area contributed by atoms with Crippen molar-refractivity contribution in [1.82, 2.24) is 9.97 Å². The van der Waals surface area contributed by atoms with Gasteiger partial charge in [0.2, 0.25) is 0 Å². The summed E-state index contributed by atoms with van der Waals surface area (Å²) in [7, 11) is 1.35. The van der Waals surface area contributed by atoms with Crippen molar-refractivity contribution in [2.24, 2.45) is 0 Å². The van der Waals surface area contributed by atoms with E-state index >= 15 is 0 Å². The fraction of sp³-hybridized carbons (Fsp3) is 0.312. The smallest absolute Gasteiger partial charge is 0.356 e. The van der Waals surface area contributed by atoms with Gasteiger partial charge in [0.15, 0.2) is 11.5 Å². The summed E-state index contributed by atoms with van der Waals surface area (Å²) in [4.78, 5) is 22.9. The van der Waals surface area contributed by atoms with E-state index in [2.05, 4.69) is 14.9 Å². The molecule has 0 bridgehead atoms. The second-order valence-corrected chi connectivity index (χ2v) is 4.89. The molecule has 0 N–H and O–H groups in total. The maximum Gasteiger partial charge on any atom is 0.356 e.